The number of methoxy groups -OCH3 is 2. The lowest BCUT2D eigenvalue weighted by Crippen LogP contribution is -2.51. The third kappa shape index (κ3) is 4.34. The molecule has 1 saturated heterocycles. The molecule has 144 valence electrons. The average Bonchev–Trinajstić information content (AvgIpc) is 2.69. The fourth-order valence-corrected chi connectivity index (χ4v) is 3.18. The second-order valence-corrected chi connectivity index (χ2v) is 6.65. The first kappa shape index (κ1) is 19.0. The van der Waals surface area contributed by atoms with Crippen LogP contribution in [0.4, 0.5) is 0 Å². The summed E-state index contributed by atoms with van der Waals surface area (Å²) < 4.78 is 16.4. The Balaban J connectivity index is 1.63. The zero-order valence-corrected chi connectivity index (χ0v) is 15.8. The van der Waals surface area contributed by atoms with Crippen LogP contribution in [0.2, 0.25) is 0 Å². The Labute approximate surface area is 159 Å². The van der Waals surface area contributed by atoms with E-state index in [-0.39, 0.29) is 18.6 Å². The molecule has 0 radical (unpaired) electrons. The predicted molar refractivity (Wildman–Crippen MR) is 102 cm³/mol. The van der Waals surface area contributed by atoms with Crippen molar-refractivity contribution in [3.8, 4) is 17.2 Å². The summed E-state index contributed by atoms with van der Waals surface area (Å²) >= 11 is 0. The summed E-state index contributed by atoms with van der Waals surface area (Å²) in [6.07, 6.45) is -0.598. The zero-order chi connectivity index (χ0) is 19.4. The highest BCUT2D eigenvalue weighted by Gasteiger charge is 2.32. The van der Waals surface area contributed by atoms with Crippen LogP contribution in [0.25, 0.3) is 0 Å². The molecule has 1 N–H and O–H groups in total. The molecular formula is C21H25NO5. The van der Waals surface area contributed by atoms with Crippen molar-refractivity contribution in [3.05, 3.63) is 53.6 Å². The number of benzene rings is 2. The molecule has 0 spiro atoms. The minimum Gasteiger partial charge on any atom is -0.493 e. The summed E-state index contributed by atoms with van der Waals surface area (Å²) in [7, 11) is 3.13. The maximum absolute atomic E-state index is 12.6. The van der Waals surface area contributed by atoms with Gasteiger partial charge in [-0.3, -0.25) is 4.79 Å². The zero-order valence-electron chi connectivity index (χ0n) is 15.8. The number of carbonyl (C=O) groups is 1. The number of aliphatic hydroxyl groups is 1. The Morgan fingerprint density at radius 1 is 1.07 bits per heavy atom. The number of hydrogen-bond donors (Lipinski definition) is 1. The van der Waals surface area contributed by atoms with Gasteiger partial charge in [-0.1, -0.05) is 17.7 Å². The number of ether oxygens (including phenoxy) is 3. The quantitative estimate of drug-likeness (QED) is 0.875. The third-order valence-electron chi connectivity index (χ3n) is 4.75. The van der Waals surface area contributed by atoms with Crippen LogP contribution in [-0.2, 0) is 0 Å². The van der Waals surface area contributed by atoms with Crippen molar-refractivity contribution in [2.45, 2.75) is 25.6 Å². The minimum atomic E-state index is -0.763. The van der Waals surface area contributed by atoms with Gasteiger partial charge >= 0.3 is 0 Å². The van der Waals surface area contributed by atoms with E-state index in [2.05, 4.69) is 0 Å². The van der Waals surface area contributed by atoms with E-state index in [0.29, 0.717) is 35.8 Å². The predicted octanol–water partition coefficient (Wildman–Crippen LogP) is 2.67. The number of β-amino-alcohol motifs (C(OH)–C–C–N with tert-alkyl or cyclic N) is 1. The van der Waals surface area contributed by atoms with Crippen molar-refractivity contribution in [2.75, 3.05) is 27.3 Å². The van der Waals surface area contributed by atoms with Crippen molar-refractivity contribution in [2.24, 2.45) is 0 Å². The molecule has 0 bridgehead atoms. The van der Waals surface area contributed by atoms with Gasteiger partial charge in [0.15, 0.2) is 11.5 Å². The molecule has 0 aromatic heterocycles. The Hall–Kier alpha value is -2.73. The SMILES string of the molecule is COc1ccc(O[C@@H]2CCN(C(=O)c3ccc(C)cc3)C[C@H]2O)cc1OC. The molecule has 2 atom stereocenters. The number of rotatable bonds is 5. The monoisotopic (exact) mass is 371 g/mol. The second kappa shape index (κ2) is 8.31. The second-order valence-electron chi connectivity index (χ2n) is 6.65. The van der Waals surface area contributed by atoms with Gasteiger partial charge in [-0.05, 0) is 31.2 Å². The number of carbonyl (C=O) groups excluding carboxylic acids is 1. The Kier molecular flexibility index (Phi) is 5.86. The number of aliphatic hydroxyl groups excluding tert-OH is 1. The normalized spacial score (nSPS) is 19.5. The molecule has 0 saturated carbocycles. The number of amides is 1. The number of nitrogens with zero attached hydrogens (tertiary/aromatic N) is 1. The molecule has 3 rings (SSSR count). The van der Waals surface area contributed by atoms with Crippen molar-refractivity contribution >= 4 is 5.91 Å². The molecule has 1 heterocycles. The number of aryl methyl sites for hydroxylation is 1. The lowest BCUT2D eigenvalue weighted by Gasteiger charge is -2.36. The summed E-state index contributed by atoms with van der Waals surface area (Å²) in [5.41, 5.74) is 1.74. The molecule has 1 amide bonds. The first-order valence-electron chi connectivity index (χ1n) is 8.94. The Morgan fingerprint density at radius 3 is 2.41 bits per heavy atom. The maximum atomic E-state index is 12.6. The minimum absolute atomic E-state index is 0.0707. The van der Waals surface area contributed by atoms with Crippen LogP contribution in [-0.4, -0.2) is 55.4 Å². The molecular weight excluding hydrogens is 346 g/mol. The molecule has 1 aliphatic heterocycles. The third-order valence-corrected chi connectivity index (χ3v) is 4.75. The molecule has 0 unspecified atom stereocenters. The van der Waals surface area contributed by atoms with Gasteiger partial charge in [0.2, 0.25) is 0 Å². The average molecular weight is 371 g/mol. The van der Waals surface area contributed by atoms with Crippen molar-refractivity contribution in [3.63, 3.8) is 0 Å². The van der Waals surface area contributed by atoms with Crippen LogP contribution in [0.3, 0.4) is 0 Å². The number of likely N-dealkylation sites (tertiary alicyclic amines) is 1. The fourth-order valence-electron chi connectivity index (χ4n) is 3.18. The van der Waals surface area contributed by atoms with E-state index in [1.54, 1.807) is 37.3 Å². The van der Waals surface area contributed by atoms with Crippen molar-refractivity contribution in [1.29, 1.82) is 0 Å². The van der Waals surface area contributed by atoms with Crippen molar-refractivity contribution in [1.82, 2.24) is 4.90 Å². The number of hydrogen-bond acceptors (Lipinski definition) is 5. The van der Waals surface area contributed by atoms with E-state index in [4.69, 9.17) is 14.2 Å². The fraction of sp³-hybridized carbons (Fsp3) is 0.381. The lowest BCUT2D eigenvalue weighted by atomic mass is 10.0. The van der Waals surface area contributed by atoms with Crippen LogP contribution in [0, 0.1) is 6.92 Å². The molecule has 6 heteroatoms. The van der Waals surface area contributed by atoms with Gasteiger partial charge in [-0.25, -0.2) is 0 Å². The molecule has 1 aliphatic rings. The van der Waals surface area contributed by atoms with E-state index in [9.17, 15) is 9.90 Å². The van der Waals surface area contributed by atoms with Crippen LogP contribution in [0.15, 0.2) is 42.5 Å². The first-order valence-corrected chi connectivity index (χ1v) is 8.94. The maximum Gasteiger partial charge on any atom is 0.253 e. The van der Waals surface area contributed by atoms with Crippen LogP contribution >= 0.6 is 0 Å². The Morgan fingerprint density at radius 2 is 1.78 bits per heavy atom. The summed E-state index contributed by atoms with van der Waals surface area (Å²) in [5, 5.41) is 10.5. The summed E-state index contributed by atoms with van der Waals surface area (Å²) in [4.78, 5) is 14.3. The van der Waals surface area contributed by atoms with Gasteiger partial charge in [0.05, 0.1) is 20.8 Å². The largest absolute Gasteiger partial charge is 0.493 e. The molecule has 6 nitrogen and oxygen atoms in total. The summed E-state index contributed by atoms with van der Waals surface area (Å²) in [6.45, 7) is 2.75. The first-order chi connectivity index (χ1) is 13.0. The number of piperidine rings is 1. The van der Waals surface area contributed by atoms with Crippen molar-refractivity contribution < 1.29 is 24.1 Å². The van der Waals surface area contributed by atoms with Crippen LogP contribution in [0.1, 0.15) is 22.3 Å². The van der Waals surface area contributed by atoms with Gasteiger partial charge in [0, 0.05) is 24.6 Å². The molecule has 2 aromatic carbocycles. The summed E-state index contributed by atoms with van der Waals surface area (Å²) in [5.74, 6) is 1.70. The van der Waals surface area contributed by atoms with Gasteiger partial charge in [-0.15, -0.1) is 0 Å². The topological polar surface area (TPSA) is 68.2 Å². The van der Waals surface area contributed by atoms with E-state index in [1.807, 2.05) is 31.2 Å². The lowest BCUT2D eigenvalue weighted by molar-refractivity contribution is -0.0199. The highest BCUT2D eigenvalue weighted by molar-refractivity contribution is 5.94. The summed E-state index contributed by atoms with van der Waals surface area (Å²) in [6, 6.07) is 12.7. The van der Waals surface area contributed by atoms with Crippen LogP contribution in [0.5, 0.6) is 17.2 Å². The van der Waals surface area contributed by atoms with E-state index >= 15 is 0 Å². The van der Waals surface area contributed by atoms with E-state index in [1.165, 1.54) is 0 Å². The highest BCUT2D eigenvalue weighted by atomic mass is 16.5. The standard InChI is InChI=1S/C21H25NO5/c1-14-4-6-15(7-5-14)21(24)22-11-10-18(17(23)13-22)27-16-8-9-19(25-2)20(12-16)26-3/h4-9,12,17-18,23H,10-11,13H2,1-3H3/t17-,18-/m1/s1. The van der Waals surface area contributed by atoms with Gasteiger partial charge in [-0.2, -0.15) is 0 Å². The van der Waals surface area contributed by atoms with Gasteiger partial charge < -0.3 is 24.2 Å². The van der Waals surface area contributed by atoms with Crippen LogP contribution < -0.4 is 14.2 Å². The molecule has 27 heavy (non-hydrogen) atoms. The van der Waals surface area contributed by atoms with Gasteiger partial charge in [0.1, 0.15) is 18.0 Å². The van der Waals surface area contributed by atoms with E-state index in [0.717, 1.165) is 5.56 Å². The Bertz CT molecular complexity index is 790. The van der Waals surface area contributed by atoms with Gasteiger partial charge in [0.25, 0.3) is 5.91 Å². The smallest absolute Gasteiger partial charge is 0.253 e. The molecule has 2 aromatic rings. The molecule has 1 fully saturated rings. The van der Waals surface area contributed by atoms with E-state index < -0.39 is 6.10 Å². The molecule has 0 aliphatic carbocycles. The highest BCUT2D eigenvalue weighted by Crippen LogP contribution is 2.32.